The van der Waals surface area contributed by atoms with Crippen LogP contribution in [0.25, 0.3) is 0 Å². The summed E-state index contributed by atoms with van der Waals surface area (Å²) < 4.78 is 14.4. The van der Waals surface area contributed by atoms with Gasteiger partial charge in [-0.1, -0.05) is 15.9 Å². The number of rotatable bonds is 3. The van der Waals surface area contributed by atoms with Gasteiger partial charge in [-0.2, -0.15) is 11.8 Å². The highest BCUT2D eigenvalue weighted by molar-refractivity contribution is 9.10. The van der Waals surface area contributed by atoms with Gasteiger partial charge in [-0.15, -0.1) is 0 Å². The molecule has 0 atom stereocenters. The van der Waals surface area contributed by atoms with E-state index in [-0.39, 0.29) is 11.8 Å². The Balaban J connectivity index is 1.79. The Labute approximate surface area is 125 Å². The Kier molecular flexibility index (Phi) is 5.51. The summed E-state index contributed by atoms with van der Waals surface area (Å²) in [6.45, 7) is 2.04. The summed E-state index contributed by atoms with van der Waals surface area (Å²) >= 11 is 5.18. The maximum absolute atomic E-state index is 13.5. The second kappa shape index (κ2) is 7.14. The predicted molar refractivity (Wildman–Crippen MR) is 80.1 cm³/mol. The summed E-state index contributed by atoms with van der Waals surface area (Å²) in [4.78, 5) is 13.7. The molecule has 1 aliphatic rings. The number of hydrogen-bond acceptors (Lipinski definition) is 2. The van der Waals surface area contributed by atoms with Gasteiger partial charge in [-0.25, -0.2) is 9.18 Å². The third-order valence-corrected chi connectivity index (χ3v) is 4.41. The normalized spacial score (nSPS) is 15.4. The van der Waals surface area contributed by atoms with E-state index in [2.05, 4.69) is 21.2 Å². The highest BCUT2D eigenvalue weighted by Crippen LogP contribution is 2.15. The maximum atomic E-state index is 13.5. The quantitative estimate of drug-likeness (QED) is 0.912. The minimum absolute atomic E-state index is 0.0456. The largest absolute Gasteiger partial charge is 0.338 e. The van der Waals surface area contributed by atoms with Crippen molar-refractivity contribution < 1.29 is 9.18 Å². The van der Waals surface area contributed by atoms with Crippen LogP contribution in [0.2, 0.25) is 0 Å². The smallest absolute Gasteiger partial charge is 0.317 e. The lowest BCUT2D eigenvalue weighted by Crippen LogP contribution is -2.44. The molecule has 0 aliphatic carbocycles. The Hall–Kier alpha value is -0.750. The monoisotopic (exact) mass is 346 g/mol. The zero-order chi connectivity index (χ0) is 13.7. The fourth-order valence-corrected chi connectivity index (χ4v) is 3.23. The summed E-state index contributed by atoms with van der Waals surface area (Å²) in [5.41, 5.74) is 0.615. The van der Waals surface area contributed by atoms with Gasteiger partial charge in [0.1, 0.15) is 5.82 Å². The van der Waals surface area contributed by atoms with Crippen molar-refractivity contribution in [2.24, 2.45) is 0 Å². The van der Waals surface area contributed by atoms with Gasteiger partial charge in [0.2, 0.25) is 0 Å². The van der Waals surface area contributed by atoms with Crippen molar-refractivity contribution in [3.8, 4) is 0 Å². The van der Waals surface area contributed by atoms with E-state index in [0.717, 1.165) is 29.1 Å². The average Bonchev–Trinajstić information content (AvgIpc) is 2.43. The van der Waals surface area contributed by atoms with Gasteiger partial charge in [0.15, 0.2) is 0 Å². The molecule has 1 aromatic rings. The zero-order valence-corrected chi connectivity index (χ0v) is 12.9. The lowest BCUT2D eigenvalue weighted by molar-refractivity contribution is 0.203. The van der Waals surface area contributed by atoms with Gasteiger partial charge in [0.05, 0.1) is 0 Å². The minimum atomic E-state index is -0.230. The Morgan fingerprint density at radius 1 is 1.42 bits per heavy atom. The summed E-state index contributed by atoms with van der Waals surface area (Å²) in [6.07, 6.45) is 0.500. The number of carbonyl (C=O) groups is 1. The molecule has 0 aromatic heterocycles. The SMILES string of the molecule is O=C(NCCc1cc(Br)ccc1F)N1CCSCC1. The van der Waals surface area contributed by atoms with E-state index >= 15 is 0 Å². The molecule has 1 fully saturated rings. The van der Waals surface area contributed by atoms with Crippen molar-refractivity contribution in [3.63, 3.8) is 0 Å². The van der Waals surface area contributed by atoms with E-state index in [4.69, 9.17) is 0 Å². The minimum Gasteiger partial charge on any atom is -0.338 e. The Morgan fingerprint density at radius 3 is 2.89 bits per heavy atom. The first kappa shape index (κ1) is 14.7. The molecule has 0 saturated carbocycles. The van der Waals surface area contributed by atoms with Crippen molar-refractivity contribution in [2.75, 3.05) is 31.1 Å². The van der Waals surface area contributed by atoms with Gasteiger partial charge in [-0.3, -0.25) is 0 Å². The van der Waals surface area contributed by atoms with E-state index in [0.29, 0.717) is 18.5 Å². The summed E-state index contributed by atoms with van der Waals surface area (Å²) in [5.74, 6) is 1.76. The van der Waals surface area contributed by atoms with E-state index < -0.39 is 0 Å². The molecule has 104 valence electrons. The maximum Gasteiger partial charge on any atom is 0.317 e. The fraction of sp³-hybridized carbons (Fsp3) is 0.462. The van der Waals surface area contributed by atoms with Crippen molar-refractivity contribution >= 4 is 33.7 Å². The number of halogens is 2. The Morgan fingerprint density at radius 2 is 2.16 bits per heavy atom. The number of urea groups is 1. The molecule has 0 radical (unpaired) electrons. The van der Waals surface area contributed by atoms with E-state index in [9.17, 15) is 9.18 Å². The molecule has 2 rings (SSSR count). The molecule has 3 nitrogen and oxygen atoms in total. The molecule has 1 aromatic carbocycles. The lowest BCUT2D eigenvalue weighted by atomic mass is 10.1. The molecular weight excluding hydrogens is 331 g/mol. The molecule has 1 heterocycles. The first-order valence-corrected chi connectivity index (χ1v) is 8.16. The second-order valence-corrected chi connectivity index (χ2v) is 6.46. The van der Waals surface area contributed by atoms with E-state index in [1.54, 1.807) is 12.1 Å². The van der Waals surface area contributed by atoms with Crippen LogP contribution in [-0.2, 0) is 6.42 Å². The number of benzene rings is 1. The highest BCUT2D eigenvalue weighted by Gasteiger charge is 2.15. The van der Waals surface area contributed by atoms with Gasteiger partial charge in [0.25, 0.3) is 0 Å². The molecule has 2 amide bonds. The molecule has 1 saturated heterocycles. The number of nitrogens with zero attached hydrogens (tertiary/aromatic N) is 1. The van der Waals surface area contributed by atoms with Crippen molar-refractivity contribution in [1.82, 2.24) is 10.2 Å². The zero-order valence-electron chi connectivity index (χ0n) is 10.5. The van der Waals surface area contributed by atoms with Crippen LogP contribution in [0.15, 0.2) is 22.7 Å². The van der Waals surface area contributed by atoms with Crippen LogP contribution in [0, 0.1) is 5.82 Å². The Bertz CT molecular complexity index is 452. The van der Waals surface area contributed by atoms with Crippen molar-refractivity contribution in [1.29, 1.82) is 0 Å². The third kappa shape index (κ3) is 4.38. The van der Waals surface area contributed by atoms with E-state index in [1.165, 1.54) is 6.07 Å². The van der Waals surface area contributed by atoms with E-state index in [1.807, 2.05) is 16.7 Å². The third-order valence-electron chi connectivity index (χ3n) is 2.98. The molecule has 1 N–H and O–H groups in total. The summed E-state index contributed by atoms with van der Waals surface area (Å²) in [7, 11) is 0. The van der Waals surface area contributed by atoms with Gasteiger partial charge >= 0.3 is 6.03 Å². The second-order valence-electron chi connectivity index (χ2n) is 4.32. The topological polar surface area (TPSA) is 32.3 Å². The number of amides is 2. The van der Waals surface area contributed by atoms with Crippen molar-refractivity contribution in [2.45, 2.75) is 6.42 Å². The fourth-order valence-electron chi connectivity index (χ4n) is 1.92. The van der Waals surface area contributed by atoms with Crippen LogP contribution in [0.5, 0.6) is 0 Å². The molecule has 1 aliphatic heterocycles. The first-order valence-electron chi connectivity index (χ1n) is 6.21. The molecule has 0 unspecified atom stereocenters. The van der Waals surface area contributed by atoms with Gasteiger partial charge in [-0.05, 0) is 30.2 Å². The number of carbonyl (C=O) groups excluding carboxylic acids is 1. The first-order chi connectivity index (χ1) is 9.16. The molecular formula is C13H16BrFN2OS. The molecule has 0 spiro atoms. The van der Waals surface area contributed by atoms with Crippen LogP contribution in [0.4, 0.5) is 9.18 Å². The summed E-state index contributed by atoms with van der Waals surface area (Å²) in [5, 5.41) is 2.84. The molecule has 0 bridgehead atoms. The van der Waals surface area contributed by atoms with Crippen LogP contribution in [-0.4, -0.2) is 42.1 Å². The van der Waals surface area contributed by atoms with Gasteiger partial charge < -0.3 is 10.2 Å². The van der Waals surface area contributed by atoms with Gasteiger partial charge in [0, 0.05) is 35.6 Å². The van der Waals surface area contributed by atoms with Crippen LogP contribution >= 0.6 is 27.7 Å². The number of hydrogen-bond donors (Lipinski definition) is 1. The predicted octanol–water partition coefficient (Wildman–Crippen LogP) is 2.89. The molecule has 6 heteroatoms. The van der Waals surface area contributed by atoms with Crippen LogP contribution < -0.4 is 5.32 Å². The molecule has 19 heavy (non-hydrogen) atoms. The van der Waals surface area contributed by atoms with Crippen LogP contribution in [0.3, 0.4) is 0 Å². The number of thioether (sulfide) groups is 1. The average molecular weight is 347 g/mol. The van der Waals surface area contributed by atoms with Crippen molar-refractivity contribution in [3.05, 3.63) is 34.1 Å². The number of nitrogens with one attached hydrogen (secondary N) is 1. The summed E-state index contributed by atoms with van der Waals surface area (Å²) in [6, 6.07) is 4.81. The highest BCUT2D eigenvalue weighted by atomic mass is 79.9. The lowest BCUT2D eigenvalue weighted by Gasteiger charge is -2.26. The standard InChI is InChI=1S/C13H16BrFN2OS/c14-11-1-2-12(15)10(9-11)3-4-16-13(18)17-5-7-19-8-6-17/h1-2,9H,3-8H2,(H,16,18). The van der Waals surface area contributed by atoms with Crippen LogP contribution in [0.1, 0.15) is 5.56 Å².